The van der Waals surface area contributed by atoms with E-state index in [9.17, 15) is 4.39 Å². The maximum atomic E-state index is 14.3. The number of benzene rings is 3. The maximum absolute atomic E-state index is 14.3. The van der Waals surface area contributed by atoms with Gasteiger partial charge in [0.15, 0.2) is 0 Å². The van der Waals surface area contributed by atoms with E-state index in [4.69, 9.17) is 9.40 Å². The van der Waals surface area contributed by atoms with Gasteiger partial charge in [0.25, 0.3) is 0 Å². The zero-order valence-corrected chi connectivity index (χ0v) is 17.0. The van der Waals surface area contributed by atoms with Crippen LogP contribution in [0.3, 0.4) is 0 Å². The molecule has 2 aromatic heterocycles. The van der Waals surface area contributed by atoms with Crippen molar-refractivity contribution in [2.24, 2.45) is 0 Å². The van der Waals surface area contributed by atoms with Crippen molar-refractivity contribution in [3.63, 3.8) is 0 Å². The molecule has 0 unspecified atom stereocenters. The van der Waals surface area contributed by atoms with Crippen LogP contribution in [0.25, 0.3) is 43.8 Å². The molecular weight excluding hydrogens is 361 g/mol. The number of nitrogens with zero attached hydrogens (tertiary/aromatic N) is 1. The van der Waals surface area contributed by atoms with Gasteiger partial charge in [-0.3, -0.25) is 4.98 Å². The Balaban J connectivity index is 1.85. The molecule has 0 aliphatic carbocycles. The third-order valence-corrected chi connectivity index (χ3v) is 5.57. The van der Waals surface area contributed by atoms with Gasteiger partial charge in [0.05, 0.1) is 5.69 Å². The largest absolute Gasteiger partial charge is 0.461 e. The van der Waals surface area contributed by atoms with Crippen molar-refractivity contribution < 1.29 is 8.81 Å². The first-order valence-electron chi connectivity index (χ1n) is 9.84. The van der Waals surface area contributed by atoms with E-state index < -0.39 is 0 Å². The van der Waals surface area contributed by atoms with Crippen molar-refractivity contribution in [2.75, 3.05) is 0 Å². The van der Waals surface area contributed by atoms with E-state index in [2.05, 4.69) is 39.0 Å². The van der Waals surface area contributed by atoms with Crippen molar-refractivity contribution in [3.05, 3.63) is 77.9 Å². The summed E-state index contributed by atoms with van der Waals surface area (Å²) in [4.78, 5) is 4.72. The summed E-state index contributed by atoms with van der Waals surface area (Å²) in [7, 11) is 0. The number of hydrogen-bond acceptors (Lipinski definition) is 2. The fourth-order valence-electron chi connectivity index (χ4n) is 4.19. The standard InChI is InChI=1S/C26H22FNO/c1-15-12-17-13-16(14-22(25(17)29-15)26(2,3)4)24-21-9-8-20-18(6-5-7-23(20)27)19(21)10-11-28-24/h5-14H,1-4H3. The first kappa shape index (κ1) is 17.9. The summed E-state index contributed by atoms with van der Waals surface area (Å²) < 4.78 is 20.3. The van der Waals surface area contributed by atoms with Crippen LogP contribution < -0.4 is 0 Å². The molecule has 0 saturated carbocycles. The minimum Gasteiger partial charge on any atom is -0.461 e. The second-order valence-electron chi connectivity index (χ2n) is 8.70. The number of fused-ring (bicyclic) bond motifs is 4. The zero-order valence-electron chi connectivity index (χ0n) is 17.0. The summed E-state index contributed by atoms with van der Waals surface area (Å²) in [5.74, 6) is 0.697. The van der Waals surface area contributed by atoms with Crippen molar-refractivity contribution in [2.45, 2.75) is 33.1 Å². The van der Waals surface area contributed by atoms with E-state index in [1.54, 1.807) is 6.07 Å². The molecular formula is C26H22FNO. The Hall–Kier alpha value is -3.20. The number of furan rings is 1. The van der Waals surface area contributed by atoms with Crippen LogP contribution >= 0.6 is 0 Å². The smallest absolute Gasteiger partial charge is 0.138 e. The van der Waals surface area contributed by atoms with Gasteiger partial charge >= 0.3 is 0 Å². The molecule has 0 spiro atoms. The topological polar surface area (TPSA) is 26.0 Å². The van der Waals surface area contributed by atoms with Crippen LogP contribution in [0.15, 0.2) is 65.2 Å². The fraction of sp³-hybridized carbons (Fsp3) is 0.192. The molecule has 0 amide bonds. The highest BCUT2D eigenvalue weighted by molar-refractivity contribution is 6.11. The molecule has 144 valence electrons. The van der Waals surface area contributed by atoms with Crippen LogP contribution in [-0.2, 0) is 5.41 Å². The molecule has 2 nitrogen and oxygen atoms in total. The third-order valence-electron chi connectivity index (χ3n) is 5.57. The predicted octanol–water partition coefficient (Wildman–Crippen LogP) is 7.55. The van der Waals surface area contributed by atoms with Gasteiger partial charge < -0.3 is 4.42 Å². The quantitative estimate of drug-likeness (QED) is 0.279. The minimum absolute atomic E-state index is 0.0705. The molecule has 29 heavy (non-hydrogen) atoms. The third kappa shape index (κ3) is 2.80. The van der Waals surface area contributed by atoms with E-state index in [-0.39, 0.29) is 11.2 Å². The number of rotatable bonds is 1. The summed E-state index contributed by atoms with van der Waals surface area (Å²) in [5.41, 5.74) is 3.97. The summed E-state index contributed by atoms with van der Waals surface area (Å²) in [6.07, 6.45) is 1.81. The first-order chi connectivity index (χ1) is 13.8. The second kappa shape index (κ2) is 6.15. The molecule has 3 aromatic carbocycles. The van der Waals surface area contributed by atoms with Gasteiger partial charge in [-0.2, -0.15) is 0 Å². The average molecular weight is 383 g/mol. The van der Waals surface area contributed by atoms with Gasteiger partial charge in [-0.25, -0.2) is 4.39 Å². The lowest BCUT2D eigenvalue weighted by molar-refractivity contribution is 0.542. The molecule has 5 aromatic rings. The highest BCUT2D eigenvalue weighted by Gasteiger charge is 2.22. The Labute approximate surface area is 169 Å². The summed E-state index contributed by atoms with van der Waals surface area (Å²) >= 11 is 0. The van der Waals surface area contributed by atoms with Crippen LogP contribution in [0.5, 0.6) is 0 Å². The summed E-state index contributed by atoms with van der Waals surface area (Å²) in [6.45, 7) is 8.55. The Kier molecular flexibility index (Phi) is 3.79. The molecule has 5 rings (SSSR count). The van der Waals surface area contributed by atoms with Crippen LogP contribution in [0, 0.1) is 12.7 Å². The SMILES string of the molecule is Cc1cc2cc(-c3nccc4c3ccc3c(F)cccc34)cc(C(C)(C)C)c2o1. The minimum atomic E-state index is -0.201. The molecule has 0 saturated heterocycles. The molecule has 0 N–H and O–H groups in total. The fourth-order valence-corrected chi connectivity index (χ4v) is 4.19. The zero-order chi connectivity index (χ0) is 20.3. The maximum Gasteiger partial charge on any atom is 0.138 e. The van der Waals surface area contributed by atoms with E-state index in [0.717, 1.165) is 49.7 Å². The van der Waals surface area contributed by atoms with Crippen molar-refractivity contribution in [3.8, 4) is 11.3 Å². The molecule has 0 radical (unpaired) electrons. The van der Waals surface area contributed by atoms with Crippen molar-refractivity contribution >= 4 is 32.5 Å². The van der Waals surface area contributed by atoms with E-state index in [0.29, 0.717) is 5.39 Å². The molecule has 2 heterocycles. The van der Waals surface area contributed by atoms with Gasteiger partial charge in [-0.15, -0.1) is 0 Å². The molecule has 0 fully saturated rings. The molecule has 0 bridgehead atoms. The van der Waals surface area contributed by atoms with Gasteiger partial charge in [-0.1, -0.05) is 45.0 Å². The molecule has 0 aliphatic rings. The van der Waals surface area contributed by atoms with Crippen LogP contribution in [-0.4, -0.2) is 4.98 Å². The lowest BCUT2D eigenvalue weighted by atomic mass is 9.84. The van der Waals surface area contributed by atoms with Crippen molar-refractivity contribution in [1.29, 1.82) is 0 Å². The molecule has 0 aliphatic heterocycles. The lowest BCUT2D eigenvalue weighted by Gasteiger charge is -2.20. The van der Waals surface area contributed by atoms with Gasteiger partial charge in [0, 0.05) is 33.5 Å². The van der Waals surface area contributed by atoms with Gasteiger partial charge in [0.1, 0.15) is 17.2 Å². The number of pyridine rings is 1. The number of aromatic nitrogens is 1. The Morgan fingerprint density at radius 3 is 2.41 bits per heavy atom. The predicted molar refractivity (Wildman–Crippen MR) is 118 cm³/mol. The summed E-state index contributed by atoms with van der Waals surface area (Å²) in [6, 6.07) is 17.4. The summed E-state index contributed by atoms with van der Waals surface area (Å²) in [5, 5.41) is 4.64. The molecule has 0 atom stereocenters. The van der Waals surface area contributed by atoms with E-state index in [1.165, 1.54) is 6.07 Å². The molecule has 3 heteroatoms. The van der Waals surface area contributed by atoms with Crippen LogP contribution in [0.4, 0.5) is 4.39 Å². The normalized spacial score (nSPS) is 12.3. The highest BCUT2D eigenvalue weighted by atomic mass is 19.1. The monoisotopic (exact) mass is 383 g/mol. The Morgan fingerprint density at radius 1 is 0.862 bits per heavy atom. The van der Waals surface area contributed by atoms with Crippen molar-refractivity contribution in [1.82, 2.24) is 4.98 Å². The Morgan fingerprint density at radius 2 is 1.62 bits per heavy atom. The number of halogens is 1. The Bertz CT molecular complexity index is 1410. The van der Waals surface area contributed by atoms with Crippen LogP contribution in [0.2, 0.25) is 0 Å². The second-order valence-corrected chi connectivity index (χ2v) is 8.70. The average Bonchev–Trinajstić information content (AvgIpc) is 3.06. The number of hydrogen-bond donors (Lipinski definition) is 0. The lowest BCUT2D eigenvalue weighted by Crippen LogP contribution is -2.11. The van der Waals surface area contributed by atoms with Crippen LogP contribution in [0.1, 0.15) is 32.1 Å². The van der Waals surface area contributed by atoms with E-state index in [1.807, 2.05) is 37.4 Å². The highest BCUT2D eigenvalue weighted by Crippen LogP contribution is 2.38. The first-order valence-corrected chi connectivity index (χ1v) is 9.84. The van der Waals surface area contributed by atoms with Gasteiger partial charge in [-0.05, 0) is 53.4 Å². The number of aryl methyl sites for hydroxylation is 1. The van der Waals surface area contributed by atoms with Gasteiger partial charge in [0.2, 0.25) is 0 Å². The van der Waals surface area contributed by atoms with E-state index >= 15 is 0 Å².